The highest BCUT2D eigenvalue weighted by atomic mass is 32.1. The normalized spacial score (nSPS) is 14.1. The summed E-state index contributed by atoms with van der Waals surface area (Å²) in [5.41, 5.74) is 1.21. The number of piperidine rings is 1. The van der Waals surface area contributed by atoms with Crippen LogP contribution < -0.4 is 5.32 Å². The van der Waals surface area contributed by atoms with Crippen molar-refractivity contribution >= 4 is 29.0 Å². The minimum Gasteiger partial charge on any atom is -0.338 e. The number of benzene rings is 1. The van der Waals surface area contributed by atoms with Gasteiger partial charge in [0, 0.05) is 13.1 Å². The smallest absolute Gasteiger partial charge is 0.266 e. The molecule has 0 unspecified atom stereocenters. The zero-order chi connectivity index (χ0) is 18.6. The maximum atomic E-state index is 13.1. The lowest BCUT2D eigenvalue weighted by molar-refractivity contribution is 0.0725. The van der Waals surface area contributed by atoms with Crippen molar-refractivity contribution in [2.75, 3.05) is 18.4 Å². The van der Waals surface area contributed by atoms with E-state index in [0.29, 0.717) is 16.3 Å². The van der Waals surface area contributed by atoms with Crippen molar-refractivity contribution in [2.45, 2.75) is 19.3 Å². The second kappa shape index (κ2) is 7.75. The number of hydrogen-bond acceptors (Lipinski definition) is 4. The van der Waals surface area contributed by atoms with Gasteiger partial charge in [-0.15, -0.1) is 11.3 Å². The number of nitrogens with zero attached hydrogens (tertiary/aromatic N) is 3. The summed E-state index contributed by atoms with van der Waals surface area (Å²) < 4.78 is 1.61. The number of para-hydroxylation sites is 1. The van der Waals surface area contributed by atoms with Gasteiger partial charge in [-0.1, -0.05) is 24.3 Å². The van der Waals surface area contributed by atoms with E-state index in [-0.39, 0.29) is 11.8 Å². The van der Waals surface area contributed by atoms with E-state index in [0.717, 1.165) is 38.0 Å². The Kier molecular flexibility index (Phi) is 5.02. The van der Waals surface area contributed by atoms with E-state index in [4.69, 9.17) is 0 Å². The topological polar surface area (TPSA) is 67.2 Å². The first-order valence-corrected chi connectivity index (χ1v) is 9.89. The van der Waals surface area contributed by atoms with Gasteiger partial charge in [0.15, 0.2) is 0 Å². The first-order chi connectivity index (χ1) is 13.2. The van der Waals surface area contributed by atoms with E-state index in [1.807, 2.05) is 46.7 Å². The van der Waals surface area contributed by atoms with Crippen LogP contribution in [0, 0.1) is 0 Å². The summed E-state index contributed by atoms with van der Waals surface area (Å²) in [5, 5.41) is 9.15. The molecule has 4 rings (SSSR count). The van der Waals surface area contributed by atoms with Gasteiger partial charge >= 0.3 is 0 Å². The standard InChI is InChI=1S/C20H20N4O2S/c25-19(17-10-7-13-27-17)22-18-16(20(26)23-11-5-2-6-12-23)14-21-24(18)15-8-3-1-4-9-15/h1,3-4,7-10,13-14H,2,5-6,11-12H2,(H,22,25). The molecule has 7 heteroatoms. The molecule has 0 radical (unpaired) electrons. The van der Waals surface area contributed by atoms with Gasteiger partial charge in [0.25, 0.3) is 11.8 Å². The summed E-state index contributed by atoms with van der Waals surface area (Å²) in [6.45, 7) is 1.49. The average molecular weight is 380 g/mol. The van der Waals surface area contributed by atoms with Crippen molar-refractivity contribution < 1.29 is 9.59 Å². The number of nitrogens with one attached hydrogen (secondary N) is 1. The first kappa shape index (κ1) is 17.5. The molecule has 0 bridgehead atoms. The summed E-state index contributed by atoms with van der Waals surface area (Å²) in [6, 6.07) is 13.1. The van der Waals surface area contributed by atoms with Crippen LogP contribution in [0.4, 0.5) is 5.82 Å². The number of aromatic nitrogens is 2. The Morgan fingerprint density at radius 2 is 1.78 bits per heavy atom. The molecule has 2 aromatic heterocycles. The Morgan fingerprint density at radius 3 is 2.48 bits per heavy atom. The molecular weight excluding hydrogens is 360 g/mol. The van der Waals surface area contributed by atoms with Crippen molar-refractivity contribution in [3.05, 3.63) is 64.5 Å². The van der Waals surface area contributed by atoms with Crippen molar-refractivity contribution in [2.24, 2.45) is 0 Å². The SMILES string of the molecule is O=C(Nc1c(C(=O)N2CCCCC2)cnn1-c1ccccc1)c1cccs1. The number of rotatable bonds is 4. The van der Waals surface area contributed by atoms with Crippen LogP contribution in [-0.4, -0.2) is 39.6 Å². The molecule has 1 saturated heterocycles. The van der Waals surface area contributed by atoms with Gasteiger partial charge in [0.05, 0.1) is 16.8 Å². The summed E-state index contributed by atoms with van der Waals surface area (Å²) in [7, 11) is 0. The Balaban J connectivity index is 1.71. The van der Waals surface area contributed by atoms with E-state index in [2.05, 4.69) is 10.4 Å². The maximum absolute atomic E-state index is 13.1. The molecule has 27 heavy (non-hydrogen) atoms. The van der Waals surface area contributed by atoms with Gasteiger partial charge in [-0.05, 0) is 42.8 Å². The quantitative estimate of drug-likeness (QED) is 0.748. The molecule has 138 valence electrons. The van der Waals surface area contributed by atoms with Crippen LogP contribution in [0.2, 0.25) is 0 Å². The number of carbonyl (C=O) groups is 2. The lowest BCUT2D eigenvalue weighted by Crippen LogP contribution is -2.36. The van der Waals surface area contributed by atoms with E-state index in [1.54, 1.807) is 16.9 Å². The van der Waals surface area contributed by atoms with E-state index in [1.165, 1.54) is 11.3 Å². The fraction of sp³-hybridized carbons (Fsp3) is 0.250. The van der Waals surface area contributed by atoms with Crippen molar-refractivity contribution in [3.8, 4) is 5.69 Å². The highest BCUT2D eigenvalue weighted by Gasteiger charge is 2.26. The highest BCUT2D eigenvalue weighted by Crippen LogP contribution is 2.24. The molecular formula is C20H20N4O2S. The molecule has 3 heterocycles. The Labute approximate surface area is 161 Å². The second-order valence-electron chi connectivity index (χ2n) is 6.44. The lowest BCUT2D eigenvalue weighted by atomic mass is 10.1. The van der Waals surface area contributed by atoms with Crippen LogP contribution >= 0.6 is 11.3 Å². The zero-order valence-electron chi connectivity index (χ0n) is 14.8. The Morgan fingerprint density at radius 1 is 1.00 bits per heavy atom. The van der Waals surface area contributed by atoms with Gasteiger partial charge in [-0.2, -0.15) is 5.10 Å². The second-order valence-corrected chi connectivity index (χ2v) is 7.39. The van der Waals surface area contributed by atoms with Crippen molar-refractivity contribution in [1.82, 2.24) is 14.7 Å². The molecule has 2 amide bonds. The molecule has 6 nitrogen and oxygen atoms in total. The average Bonchev–Trinajstić information content (AvgIpc) is 3.39. The predicted molar refractivity (Wildman–Crippen MR) is 106 cm³/mol. The largest absolute Gasteiger partial charge is 0.338 e. The maximum Gasteiger partial charge on any atom is 0.266 e. The number of amides is 2. The fourth-order valence-corrected chi connectivity index (χ4v) is 3.85. The molecule has 1 fully saturated rings. The number of likely N-dealkylation sites (tertiary alicyclic amines) is 1. The van der Waals surface area contributed by atoms with E-state index in [9.17, 15) is 9.59 Å². The summed E-state index contributed by atoms with van der Waals surface area (Å²) in [4.78, 5) is 28.1. The van der Waals surface area contributed by atoms with Gasteiger partial charge in [0.2, 0.25) is 0 Å². The van der Waals surface area contributed by atoms with Gasteiger partial charge in [-0.3, -0.25) is 9.59 Å². The number of thiophene rings is 1. The lowest BCUT2D eigenvalue weighted by Gasteiger charge is -2.26. The summed E-state index contributed by atoms with van der Waals surface area (Å²) in [5.74, 6) is 0.0870. The minimum atomic E-state index is -0.240. The van der Waals surface area contributed by atoms with Gasteiger partial charge in [-0.25, -0.2) is 4.68 Å². The first-order valence-electron chi connectivity index (χ1n) is 9.01. The number of hydrogen-bond donors (Lipinski definition) is 1. The molecule has 1 aliphatic heterocycles. The number of carbonyl (C=O) groups excluding carboxylic acids is 2. The molecule has 3 aromatic rings. The third-order valence-corrected chi connectivity index (χ3v) is 5.49. The number of anilines is 1. The van der Waals surface area contributed by atoms with Crippen molar-refractivity contribution in [1.29, 1.82) is 0 Å². The molecule has 0 atom stereocenters. The molecule has 1 aliphatic rings. The highest BCUT2D eigenvalue weighted by molar-refractivity contribution is 7.12. The summed E-state index contributed by atoms with van der Waals surface area (Å²) >= 11 is 1.36. The minimum absolute atomic E-state index is 0.0849. The Hall–Kier alpha value is -2.93. The van der Waals surface area contributed by atoms with Crippen LogP contribution in [0.1, 0.15) is 39.3 Å². The van der Waals surface area contributed by atoms with Gasteiger partial charge in [0.1, 0.15) is 11.4 Å². The molecule has 0 aliphatic carbocycles. The molecule has 1 aromatic carbocycles. The fourth-order valence-electron chi connectivity index (χ4n) is 3.23. The van der Waals surface area contributed by atoms with Crippen LogP contribution in [0.25, 0.3) is 5.69 Å². The molecule has 1 N–H and O–H groups in total. The zero-order valence-corrected chi connectivity index (χ0v) is 15.6. The van der Waals surface area contributed by atoms with Crippen LogP contribution in [-0.2, 0) is 0 Å². The third-order valence-electron chi connectivity index (χ3n) is 4.62. The van der Waals surface area contributed by atoms with Crippen LogP contribution in [0.5, 0.6) is 0 Å². The summed E-state index contributed by atoms with van der Waals surface area (Å²) in [6.07, 6.45) is 4.72. The predicted octanol–water partition coefficient (Wildman–Crippen LogP) is 3.81. The van der Waals surface area contributed by atoms with Crippen LogP contribution in [0.3, 0.4) is 0 Å². The monoisotopic (exact) mass is 380 g/mol. The van der Waals surface area contributed by atoms with Gasteiger partial charge < -0.3 is 10.2 Å². The molecule has 0 spiro atoms. The van der Waals surface area contributed by atoms with Crippen molar-refractivity contribution in [3.63, 3.8) is 0 Å². The third kappa shape index (κ3) is 3.64. The Bertz CT molecular complexity index is 928. The van der Waals surface area contributed by atoms with Crippen LogP contribution in [0.15, 0.2) is 54.0 Å². The van der Waals surface area contributed by atoms with E-state index >= 15 is 0 Å². The molecule has 0 saturated carbocycles. The van der Waals surface area contributed by atoms with E-state index < -0.39 is 0 Å².